The molecule has 0 unspecified atom stereocenters. The minimum Gasteiger partial charge on any atom is -0.497 e. The second kappa shape index (κ2) is 17.3. The van der Waals surface area contributed by atoms with E-state index in [0.717, 1.165) is 22.3 Å². The Labute approximate surface area is 327 Å². The van der Waals surface area contributed by atoms with E-state index in [-0.39, 0.29) is 37.0 Å². The fourth-order valence-corrected chi connectivity index (χ4v) is 7.57. The Morgan fingerprint density at radius 1 is 0.875 bits per heavy atom. The van der Waals surface area contributed by atoms with Crippen LogP contribution in [0, 0.1) is 11.3 Å². The van der Waals surface area contributed by atoms with E-state index in [0.29, 0.717) is 27.8 Å². The van der Waals surface area contributed by atoms with Gasteiger partial charge in [-0.25, -0.2) is 9.97 Å². The second-order valence-electron chi connectivity index (χ2n) is 13.0. The molecule has 1 fully saturated rings. The Hall–Kier alpha value is -5.82. The molecule has 0 spiro atoms. The van der Waals surface area contributed by atoms with Gasteiger partial charge in [0.05, 0.1) is 39.6 Å². The summed E-state index contributed by atoms with van der Waals surface area (Å²) in [4.78, 5) is 26.8. The first-order valence-corrected chi connectivity index (χ1v) is 18.9. The van der Waals surface area contributed by atoms with Crippen LogP contribution < -0.4 is 14.8 Å². The molecule has 0 saturated carbocycles. The lowest BCUT2D eigenvalue weighted by atomic mass is 9.80. The smallest absolute Gasteiger partial charge is 0.232 e. The van der Waals surface area contributed by atoms with Gasteiger partial charge in [-0.1, -0.05) is 84.9 Å². The van der Waals surface area contributed by atoms with Crippen LogP contribution in [0.3, 0.4) is 0 Å². The molecule has 0 radical (unpaired) electrons. The summed E-state index contributed by atoms with van der Waals surface area (Å²) in [6, 6.07) is 36.3. The van der Waals surface area contributed by atoms with Gasteiger partial charge in [-0.2, -0.15) is 10.2 Å². The molecule has 7 rings (SSSR count). The van der Waals surface area contributed by atoms with Crippen molar-refractivity contribution in [2.45, 2.75) is 48.0 Å². The average Bonchev–Trinajstić information content (AvgIpc) is 3.78. The molecular formula is C42H40N6O7S. The highest BCUT2D eigenvalue weighted by molar-refractivity contribution is 7.99. The van der Waals surface area contributed by atoms with Crippen molar-refractivity contribution in [3.05, 3.63) is 138 Å². The second-order valence-corrected chi connectivity index (χ2v) is 14.1. The van der Waals surface area contributed by atoms with Gasteiger partial charge >= 0.3 is 0 Å². The molecule has 3 N–H and O–H groups in total. The summed E-state index contributed by atoms with van der Waals surface area (Å²) in [5.74, 6) is 1.48. The number of benzene rings is 4. The first kappa shape index (κ1) is 38.5. The lowest BCUT2D eigenvalue weighted by Gasteiger charge is -2.37. The number of aromatic nitrogens is 4. The third kappa shape index (κ3) is 7.95. The lowest BCUT2D eigenvalue weighted by molar-refractivity contribution is -0.115. The number of methoxy groups -OCH3 is 2. The number of nitriles is 1. The fraction of sp³-hybridized carbons (Fsp3) is 0.262. The molecule has 6 aromatic rings. The number of amides is 1. The maximum atomic E-state index is 13.0. The van der Waals surface area contributed by atoms with E-state index in [2.05, 4.69) is 26.3 Å². The van der Waals surface area contributed by atoms with Crippen molar-refractivity contribution in [2.24, 2.45) is 0 Å². The number of imidazole rings is 1. The minimum atomic E-state index is -1.41. The van der Waals surface area contributed by atoms with Crippen LogP contribution in [0.25, 0.3) is 11.2 Å². The van der Waals surface area contributed by atoms with E-state index in [1.807, 2.05) is 109 Å². The van der Waals surface area contributed by atoms with Gasteiger partial charge in [0.15, 0.2) is 11.9 Å². The number of carbonyl (C=O) groups is 1. The first-order valence-electron chi connectivity index (χ1n) is 17.9. The highest BCUT2D eigenvalue weighted by Crippen LogP contribution is 2.43. The van der Waals surface area contributed by atoms with Gasteiger partial charge in [0, 0.05) is 12.2 Å². The molecule has 286 valence electrons. The van der Waals surface area contributed by atoms with Crippen molar-refractivity contribution >= 4 is 34.8 Å². The summed E-state index contributed by atoms with van der Waals surface area (Å²) in [7, 11) is 3.21. The van der Waals surface area contributed by atoms with Crippen LogP contribution in [-0.2, 0) is 26.3 Å². The molecule has 13 nitrogen and oxygen atoms in total. The Bertz CT molecular complexity index is 2240. The van der Waals surface area contributed by atoms with Crippen molar-refractivity contribution in [3.63, 3.8) is 0 Å². The highest BCUT2D eigenvalue weighted by atomic mass is 32.2. The van der Waals surface area contributed by atoms with Gasteiger partial charge in [-0.15, -0.1) is 11.8 Å². The molecule has 2 aromatic heterocycles. The van der Waals surface area contributed by atoms with Crippen molar-refractivity contribution in [3.8, 4) is 17.6 Å². The average molecular weight is 773 g/mol. The molecule has 0 aliphatic carbocycles. The Morgan fingerprint density at radius 2 is 1.48 bits per heavy atom. The van der Waals surface area contributed by atoms with E-state index >= 15 is 0 Å². The number of hydrogen-bond donors (Lipinski definition) is 3. The molecule has 1 aliphatic heterocycles. The number of fused-ring (bicyclic) bond motifs is 1. The van der Waals surface area contributed by atoms with Crippen LogP contribution in [0.5, 0.6) is 11.5 Å². The summed E-state index contributed by atoms with van der Waals surface area (Å²) in [6.07, 6.45) is -3.07. The third-order valence-corrected chi connectivity index (χ3v) is 10.5. The maximum absolute atomic E-state index is 13.0. The SMILES string of the molecule is COc1ccc(C(OC[C@H]2O[C@@H](n3cnc4c(SCCC#N)nc(NC(=O)Cc5ccccc5)nc43)[C@H](O)[C@@H]2O)(c2ccccc2)c2ccc(OC)cc2)cc1. The highest BCUT2D eigenvalue weighted by Gasteiger charge is 2.47. The van der Waals surface area contributed by atoms with E-state index in [9.17, 15) is 15.0 Å². The van der Waals surface area contributed by atoms with Gasteiger partial charge in [0.2, 0.25) is 11.9 Å². The minimum absolute atomic E-state index is 0.0270. The molecule has 14 heteroatoms. The summed E-state index contributed by atoms with van der Waals surface area (Å²) >= 11 is 1.30. The number of nitrogens with zero attached hydrogens (tertiary/aromatic N) is 5. The van der Waals surface area contributed by atoms with Crippen LogP contribution in [0.15, 0.2) is 121 Å². The van der Waals surface area contributed by atoms with Crippen LogP contribution in [-0.4, -0.2) is 80.5 Å². The van der Waals surface area contributed by atoms with Gasteiger partial charge in [-0.05, 0) is 46.5 Å². The van der Waals surface area contributed by atoms with Crippen LogP contribution in [0.4, 0.5) is 5.95 Å². The number of rotatable bonds is 15. The molecule has 56 heavy (non-hydrogen) atoms. The van der Waals surface area contributed by atoms with Crippen molar-refractivity contribution in [2.75, 3.05) is 31.9 Å². The Kier molecular flexibility index (Phi) is 11.9. The number of carbonyl (C=O) groups excluding carboxylic acids is 1. The molecule has 1 aliphatic rings. The molecule has 0 bridgehead atoms. The quantitative estimate of drug-likeness (QED) is 0.0507. The number of ether oxygens (including phenoxy) is 4. The normalized spacial score (nSPS) is 18.1. The molecule has 4 atom stereocenters. The zero-order valence-electron chi connectivity index (χ0n) is 30.7. The summed E-state index contributed by atoms with van der Waals surface area (Å²) in [6.45, 7) is -0.140. The number of aliphatic hydroxyl groups is 2. The van der Waals surface area contributed by atoms with Crippen molar-refractivity contribution < 1.29 is 34.0 Å². The zero-order valence-corrected chi connectivity index (χ0v) is 31.5. The van der Waals surface area contributed by atoms with Crippen LogP contribution in [0.2, 0.25) is 0 Å². The number of hydrogen-bond acceptors (Lipinski definition) is 12. The number of thioether (sulfide) groups is 1. The zero-order chi connectivity index (χ0) is 39.1. The number of nitrogens with one attached hydrogen (secondary N) is 1. The maximum Gasteiger partial charge on any atom is 0.232 e. The largest absolute Gasteiger partial charge is 0.497 e. The van der Waals surface area contributed by atoms with Gasteiger partial charge in [0.25, 0.3) is 0 Å². The van der Waals surface area contributed by atoms with Crippen molar-refractivity contribution in [1.29, 1.82) is 5.26 Å². The molecule has 4 aromatic carbocycles. The van der Waals surface area contributed by atoms with E-state index in [4.69, 9.17) is 24.2 Å². The summed E-state index contributed by atoms with van der Waals surface area (Å²) in [5.41, 5.74) is 2.69. The molecular weight excluding hydrogens is 733 g/mol. The fourth-order valence-electron chi connectivity index (χ4n) is 6.76. The van der Waals surface area contributed by atoms with Crippen LogP contribution in [0.1, 0.15) is 34.9 Å². The van der Waals surface area contributed by atoms with Crippen molar-refractivity contribution in [1.82, 2.24) is 19.5 Å². The molecule has 3 heterocycles. The first-order chi connectivity index (χ1) is 27.3. The van der Waals surface area contributed by atoms with Gasteiger partial charge < -0.3 is 29.2 Å². The summed E-state index contributed by atoms with van der Waals surface area (Å²) in [5, 5.41) is 35.4. The Balaban J connectivity index is 1.21. The number of aliphatic hydroxyl groups excluding tert-OH is 2. The summed E-state index contributed by atoms with van der Waals surface area (Å²) < 4.78 is 25.8. The van der Waals surface area contributed by atoms with Gasteiger partial charge in [-0.3, -0.25) is 14.7 Å². The standard InChI is InChI=1S/C42H40N6O7S/c1-52-31-18-14-29(15-19-31)42(28-12-7-4-8-13-28,30-16-20-32(53-2)21-17-30)54-25-33-36(50)37(51)40(55-33)48-26-44-35-38(48)46-41(47-39(35)56-23-9-22-43)45-34(49)24-27-10-5-3-6-11-27/h3-8,10-21,26,33,36-37,40,50-51H,9,23-25H2,1-2H3,(H,45,46,47,49)/t33-,36-,37-,40-/m1/s1. The predicted octanol–water partition coefficient (Wildman–Crippen LogP) is 5.66. The van der Waals surface area contributed by atoms with E-state index in [1.165, 1.54) is 22.7 Å². The lowest BCUT2D eigenvalue weighted by Crippen LogP contribution is -2.39. The Morgan fingerprint density at radius 3 is 2.09 bits per heavy atom. The van der Waals surface area contributed by atoms with E-state index in [1.54, 1.807) is 14.2 Å². The predicted molar refractivity (Wildman–Crippen MR) is 209 cm³/mol. The van der Waals surface area contributed by atoms with Crippen LogP contribution >= 0.6 is 11.8 Å². The van der Waals surface area contributed by atoms with E-state index < -0.39 is 30.1 Å². The topological polar surface area (TPSA) is 174 Å². The number of anilines is 1. The van der Waals surface area contributed by atoms with Gasteiger partial charge in [0.1, 0.15) is 46.0 Å². The third-order valence-electron chi connectivity index (χ3n) is 9.55. The monoisotopic (exact) mass is 772 g/mol. The molecule has 1 saturated heterocycles. The molecule has 1 amide bonds.